The summed E-state index contributed by atoms with van der Waals surface area (Å²) >= 11 is 0. The standard InChI is InChI=1S/C15H24N4O3S/c1-18(23(2,21)22)12-15(20)17-10-13-5-8-19(9-6-13)14-4-3-7-16-11-14/h3-4,7,11,13H,5-6,8-10,12H2,1-2H3,(H,17,20). The monoisotopic (exact) mass is 340 g/mol. The molecule has 0 aliphatic carbocycles. The van der Waals surface area contributed by atoms with Crippen LogP contribution in [0.25, 0.3) is 0 Å². The average Bonchev–Trinajstić information content (AvgIpc) is 2.53. The van der Waals surface area contributed by atoms with Gasteiger partial charge in [-0.25, -0.2) is 8.42 Å². The van der Waals surface area contributed by atoms with Gasteiger partial charge in [0.1, 0.15) is 0 Å². The van der Waals surface area contributed by atoms with Crippen molar-refractivity contribution < 1.29 is 13.2 Å². The van der Waals surface area contributed by atoms with E-state index in [1.54, 1.807) is 6.20 Å². The Hall–Kier alpha value is -1.67. The van der Waals surface area contributed by atoms with Gasteiger partial charge in [0.15, 0.2) is 0 Å². The molecule has 1 aliphatic rings. The van der Waals surface area contributed by atoms with Gasteiger partial charge in [-0.05, 0) is 30.9 Å². The normalized spacial score (nSPS) is 16.6. The summed E-state index contributed by atoms with van der Waals surface area (Å²) in [5, 5.41) is 2.83. The smallest absolute Gasteiger partial charge is 0.235 e. The Kier molecular flexibility index (Phi) is 5.95. The molecule has 1 N–H and O–H groups in total. The van der Waals surface area contributed by atoms with Gasteiger partial charge in [0.05, 0.1) is 24.7 Å². The molecule has 1 saturated heterocycles. The molecule has 0 atom stereocenters. The van der Waals surface area contributed by atoms with Crippen LogP contribution < -0.4 is 10.2 Å². The number of nitrogens with zero attached hydrogens (tertiary/aromatic N) is 3. The van der Waals surface area contributed by atoms with E-state index in [1.807, 2.05) is 12.3 Å². The molecule has 1 fully saturated rings. The molecule has 0 saturated carbocycles. The predicted octanol–water partition coefficient (Wildman–Crippen LogP) is 0.306. The first-order valence-electron chi connectivity index (χ1n) is 7.69. The lowest BCUT2D eigenvalue weighted by molar-refractivity contribution is -0.121. The molecule has 1 amide bonds. The molecule has 1 aliphatic heterocycles. The molecule has 7 nitrogen and oxygen atoms in total. The maximum Gasteiger partial charge on any atom is 0.235 e. The number of nitrogens with one attached hydrogen (secondary N) is 1. The van der Waals surface area contributed by atoms with E-state index >= 15 is 0 Å². The van der Waals surface area contributed by atoms with Crippen LogP contribution in [0.5, 0.6) is 0 Å². The number of likely N-dealkylation sites (N-methyl/N-ethyl adjacent to an activating group) is 1. The number of carbonyl (C=O) groups excluding carboxylic acids is 1. The Labute approximate surface area is 137 Å². The lowest BCUT2D eigenvalue weighted by Gasteiger charge is -2.33. The van der Waals surface area contributed by atoms with Gasteiger partial charge in [-0.3, -0.25) is 9.78 Å². The average molecular weight is 340 g/mol. The minimum atomic E-state index is -3.32. The van der Waals surface area contributed by atoms with Crippen molar-refractivity contribution >= 4 is 21.6 Å². The molecule has 0 bridgehead atoms. The van der Waals surface area contributed by atoms with Crippen molar-refractivity contribution in [3.63, 3.8) is 0 Å². The van der Waals surface area contributed by atoms with Gasteiger partial charge in [0, 0.05) is 32.9 Å². The summed E-state index contributed by atoms with van der Waals surface area (Å²) in [6.45, 7) is 2.34. The van der Waals surface area contributed by atoms with Crippen LogP contribution in [0.1, 0.15) is 12.8 Å². The van der Waals surface area contributed by atoms with Crippen LogP contribution in [0, 0.1) is 5.92 Å². The van der Waals surface area contributed by atoms with Gasteiger partial charge < -0.3 is 10.2 Å². The SMILES string of the molecule is CN(CC(=O)NCC1CCN(c2cccnc2)CC1)S(C)(=O)=O. The summed E-state index contributed by atoms with van der Waals surface area (Å²) in [5.74, 6) is 0.169. The Morgan fingerprint density at radius 3 is 2.70 bits per heavy atom. The van der Waals surface area contributed by atoms with Crippen LogP contribution >= 0.6 is 0 Å². The zero-order valence-electron chi connectivity index (χ0n) is 13.6. The third-order valence-corrected chi connectivity index (χ3v) is 5.41. The number of rotatable bonds is 6. The van der Waals surface area contributed by atoms with Gasteiger partial charge in [-0.1, -0.05) is 0 Å². The number of hydrogen-bond acceptors (Lipinski definition) is 5. The second-order valence-electron chi connectivity index (χ2n) is 5.96. The van der Waals surface area contributed by atoms with Gasteiger partial charge in [-0.2, -0.15) is 4.31 Å². The van der Waals surface area contributed by atoms with Gasteiger partial charge in [-0.15, -0.1) is 0 Å². The van der Waals surface area contributed by atoms with Crippen molar-refractivity contribution in [3.05, 3.63) is 24.5 Å². The van der Waals surface area contributed by atoms with Crippen molar-refractivity contribution in [2.45, 2.75) is 12.8 Å². The summed E-state index contributed by atoms with van der Waals surface area (Å²) in [7, 11) is -1.92. The maximum atomic E-state index is 11.8. The molecule has 2 heterocycles. The number of hydrogen-bond donors (Lipinski definition) is 1. The van der Waals surface area contributed by atoms with E-state index in [2.05, 4.69) is 21.3 Å². The van der Waals surface area contributed by atoms with Crippen LogP contribution in [0.2, 0.25) is 0 Å². The first-order chi connectivity index (χ1) is 10.9. The van der Waals surface area contributed by atoms with Crippen molar-refractivity contribution in [1.82, 2.24) is 14.6 Å². The summed E-state index contributed by atoms with van der Waals surface area (Å²) in [4.78, 5) is 18.2. The second kappa shape index (κ2) is 7.74. The van der Waals surface area contributed by atoms with E-state index in [1.165, 1.54) is 7.05 Å². The molecule has 0 radical (unpaired) electrons. The molecule has 1 aromatic rings. The molecule has 23 heavy (non-hydrogen) atoms. The first-order valence-corrected chi connectivity index (χ1v) is 9.54. The van der Waals surface area contributed by atoms with Crippen LogP contribution in [0.4, 0.5) is 5.69 Å². The van der Waals surface area contributed by atoms with E-state index in [0.29, 0.717) is 12.5 Å². The van der Waals surface area contributed by atoms with E-state index in [9.17, 15) is 13.2 Å². The van der Waals surface area contributed by atoms with Crippen LogP contribution in [0.15, 0.2) is 24.5 Å². The fourth-order valence-electron chi connectivity index (χ4n) is 2.57. The van der Waals surface area contributed by atoms with Crippen molar-refractivity contribution in [3.8, 4) is 0 Å². The number of anilines is 1. The minimum Gasteiger partial charge on any atom is -0.370 e. The van der Waals surface area contributed by atoms with E-state index in [4.69, 9.17) is 0 Å². The molecule has 8 heteroatoms. The molecule has 0 aromatic carbocycles. The lowest BCUT2D eigenvalue weighted by atomic mass is 9.96. The topological polar surface area (TPSA) is 82.6 Å². The first kappa shape index (κ1) is 17.7. The quantitative estimate of drug-likeness (QED) is 0.806. The van der Waals surface area contributed by atoms with E-state index in [0.717, 1.165) is 42.2 Å². The molecular formula is C15H24N4O3S. The third kappa shape index (κ3) is 5.47. The fourth-order valence-corrected chi connectivity index (χ4v) is 2.92. The third-order valence-electron chi connectivity index (χ3n) is 4.15. The van der Waals surface area contributed by atoms with E-state index < -0.39 is 10.0 Å². The van der Waals surface area contributed by atoms with Crippen molar-refractivity contribution in [1.29, 1.82) is 0 Å². The number of amides is 1. The summed E-state index contributed by atoms with van der Waals surface area (Å²) in [5.41, 5.74) is 1.13. The number of piperidine rings is 1. The highest BCUT2D eigenvalue weighted by molar-refractivity contribution is 7.88. The van der Waals surface area contributed by atoms with Crippen molar-refractivity contribution in [2.24, 2.45) is 5.92 Å². The Balaban J connectivity index is 1.72. The zero-order valence-corrected chi connectivity index (χ0v) is 14.4. The lowest BCUT2D eigenvalue weighted by Crippen LogP contribution is -2.42. The summed E-state index contributed by atoms with van der Waals surface area (Å²) in [6.07, 6.45) is 6.71. The van der Waals surface area contributed by atoms with Crippen molar-refractivity contribution in [2.75, 3.05) is 44.4 Å². The summed E-state index contributed by atoms with van der Waals surface area (Å²) in [6, 6.07) is 3.98. The molecule has 0 spiro atoms. The number of carbonyl (C=O) groups is 1. The Morgan fingerprint density at radius 2 is 2.13 bits per heavy atom. The highest BCUT2D eigenvalue weighted by Gasteiger charge is 2.21. The zero-order chi connectivity index (χ0) is 16.9. The number of pyridine rings is 1. The van der Waals surface area contributed by atoms with Gasteiger partial charge >= 0.3 is 0 Å². The van der Waals surface area contributed by atoms with Crippen LogP contribution in [-0.2, 0) is 14.8 Å². The largest absolute Gasteiger partial charge is 0.370 e. The number of sulfonamides is 1. The van der Waals surface area contributed by atoms with Crippen LogP contribution in [0.3, 0.4) is 0 Å². The van der Waals surface area contributed by atoms with Gasteiger partial charge in [0.25, 0.3) is 0 Å². The minimum absolute atomic E-state index is 0.132. The Bertz CT molecular complexity index is 613. The highest BCUT2D eigenvalue weighted by atomic mass is 32.2. The molecule has 0 unspecified atom stereocenters. The van der Waals surface area contributed by atoms with Gasteiger partial charge in [0.2, 0.25) is 15.9 Å². The fraction of sp³-hybridized carbons (Fsp3) is 0.600. The predicted molar refractivity (Wildman–Crippen MR) is 89.7 cm³/mol. The molecule has 128 valence electrons. The molecular weight excluding hydrogens is 316 g/mol. The number of aromatic nitrogens is 1. The Morgan fingerprint density at radius 1 is 1.43 bits per heavy atom. The second-order valence-corrected chi connectivity index (χ2v) is 8.05. The van der Waals surface area contributed by atoms with E-state index in [-0.39, 0.29) is 12.5 Å². The maximum absolute atomic E-state index is 11.8. The van der Waals surface area contributed by atoms with Crippen LogP contribution in [-0.4, -0.2) is 63.1 Å². The molecule has 1 aromatic heterocycles. The summed E-state index contributed by atoms with van der Waals surface area (Å²) < 4.78 is 23.6. The highest BCUT2D eigenvalue weighted by Crippen LogP contribution is 2.21. The molecule has 2 rings (SSSR count).